The molecule has 0 saturated heterocycles. The van der Waals surface area contributed by atoms with Crippen LogP contribution >= 0.6 is 0 Å². The Bertz CT molecular complexity index is 9100. The zero-order valence-electron chi connectivity index (χ0n) is 82.4. The zero-order valence-corrected chi connectivity index (χ0v) is 82.4. The molecule has 2 N–H and O–H groups in total. The molecule has 0 radical (unpaired) electrons. The second-order valence-electron chi connectivity index (χ2n) is 36.0. The summed E-state index contributed by atoms with van der Waals surface area (Å²) in [5.41, 5.74) is 38.3. The predicted octanol–water partition coefficient (Wildman–Crippen LogP) is 29.9. The van der Waals surface area contributed by atoms with E-state index in [0.717, 1.165) is 208 Å². The van der Waals surface area contributed by atoms with E-state index in [0.29, 0.717) is 33.5 Å². The minimum absolute atomic E-state index is 0.208. The quantitative estimate of drug-likeness (QED) is 0.0665. The summed E-state index contributed by atoms with van der Waals surface area (Å²) in [6.07, 6.45) is 31.7. The maximum atomic E-state index is 13.8. The first-order valence-electron chi connectivity index (χ1n) is 48.3. The van der Waals surface area contributed by atoms with Crippen LogP contribution in [0, 0.1) is 63.7 Å². The van der Waals surface area contributed by atoms with E-state index < -0.39 is 0 Å². The van der Waals surface area contributed by atoms with Crippen molar-refractivity contribution in [1.29, 1.82) is 0 Å². The van der Waals surface area contributed by atoms with Crippen LogP contribution in [0.15, 0.2) is 433 Å². The molecule has 0 fully saturated rings. The Kier molecular flexibility index (Phi) is 27.5. The second kappa shape index (κ2) is 42.7. The molecular weight excluding hydrogens is 1880 g/mol. The molecule has 16 heterocycles. The smallest absolute Gasteiger partial charge is 0.144 e. The summed E-state index contributed by atoms with van der Waals surface area (Å²) in [7, 11) is 3.31. The average molecular weight is 1970 g/mol. The standard InChI is InChI=1S/2C26H20FN3O.C25H19FN4.C25H18FN3.C24H17FN4/c1-17-13-19(8-9-24(17)27)25-23(7-4-11-28-25)18-10-12-30-21(14-18)16-29-26(30)20-5-3-6-22(15-20)31-2;1-17-14-20(7-10-24(17)27)25-23(4-3-12-28-25)19-11-13-30-21(15-19)16-29-26(30)18-5-8-22(31-2)9-6-18;1-16-12-18(7-8-23(16)26)24-22(6-3-10-28-24)17-9-11-30-21(14-17)15-29-25(30)19-4-2-5-20(27)13-19;1-17-14-20(9-10-23(17)26)24-22(8-5-12-27-24)19-11-13-29-21(15-19)16-28-25(29)18-6-3-2-4-7-18;1-16-13-19(4-5-22(16)25)23-21(3-2-9-27-23)18-8-12-29-20(14-18)15-28-24(29)17-6-10-26-11-7-17/h2*3-16H,1-2H3;2-15H,27H2,1H3;2-16H,1H3;2-15H,1H3. The summed E-state index contributed by atoms with van der Waals surface area (Å²) < 4.78 is 89.6. The molecule has 0 saturated carbocycles. The van der Waals surface area contributed by atoms with Gasteiger partial charge in [-0.15, -0.1) is 0 Å². The minimum atomic E-state index is -0.217. The third-order valence-electron chi connectivity index (χ3n) is 26.2. The van der Waals surface area contributed by atoms with Crippen LogP contribution in [-0.2, 0) is 0 Å². The molecule has 0 aliphatic carbocycles. The molecule has 0 atom stereocenters. The number of rotatable bonds is 17. The molecule has 0 amide bonds. The van der Waals surface area contributed by atoms with E-state index in [4.69, 9.17) is 15.2 Å². The third-order valence-corrected chi connectivity index (χ3v) is 26.2. The largest absolute Gasteiger partial charge is 0.497 e. The maximum Gasteiger partial charge on any atom is 0.144 e. The third kappa shape index (κ3) is 20.3. The van der Waals surface area contributed by atoms with Gasteiger partial charge in [0.1, 0.15) is 69.7 Å². The van der Waals surface area contributed by atoms with E-state index in [9.17, 15) is 22.0 Å². The zero-order chi connectivity index (χ0) is 103. The van der Waals surface area contributed by atoms with Gasteiger partial charge in [0.05, 0.1) is 101 Å². The van der Waals surface area contributed by atoms with E-state index in [1.807, 2.05) is 267 Å². The number of imidazole rings is 5. The average Bonchev–Trinajstić information content (AvgIpc) is 1.61. The summed E-state index contributed by atoms with van der Waals surface area (Å²) in [6.45, 7) is 8.82. The van der Waals surface area contributed by atoms with Crippen molar-refractivity contribution in [1.82, 2.24) is 76.8 Å². The van der Waals surface area contributed by atoms with Gasteiger partial charge in [-0.3, -0.25) is 51.9 Å². The Morgan fingerprint density at radius 3 is 0.753 bits per heavy atom. The van der Waals surface area contributed by atoms with Crippen molar-refractivity contribution in [3.8, 4) is 180 Å². The van der Waals surface area contributed by atoms with E-state index in [2.05, 4.69) is 139 Å². The fraction of sp³-hybridized carbons (Fsp3) is 0.0556. The molecule has 25 aromatic rings. The lowest BCUT2D eigenvalue weighted by Gasteiger charge is -2.11. The van der Waals surface area contributed by atoms with Crippen LogP contribution in [0.4, 0.5) is 27.6 Å². The Morgan fingerprint density at radius 2 is 0.467 bits per heavy atom. The SMILES string of the molecule is COc1ccc(-c2ncc3cc(-c4cccnc4-c4ccc(F)c(C)c4)ccn23)cc1.COc1cccc(-c2ncc3cc(-c4cccnc4-c4ccc(F)c(C)c4)ccn23)c1.Cc1cc(-c2ncccc2-c2ccn3c(-c4cccc(N)c4)ncc3c2)ccc1F.Cc1cc(-c2ncccc2-c2ccn3c(-c4ccccc4)ncc3c2)ccc1F.Cc1cc(-c2ncccc2-c2ccn3c(-c4ccncc4)ncc3c2)ccc1F. The van der Waals surface area contributed by atoms with Crippen molar-refractivity contribution in [3.63, 3.8) is 0 Å². The lowest BCUT2D eigenvalue weighted by molar-refractivity contribution is 0.415. The number of fused-ring (bicyclic) bond motifs is 5. The molecule has 0 unspecified atom stereocenters. The van der Waals surface area contributed by atoms with E-state index >= 15 is 0 Å². The van der Waals surface area contributed by atoms with Gasteiger partial charge in [-0.05, 0) is 333 Å². The summed E-state index contributed by atoms with van der Waals surface area (Å²) in [5.74, 6) is 4.87. The number of aryl methyl sites for hydroxylation is 5. The number of methoxy groups -OCH3 is 2. The van der Waals surface area contributed by atoms with Crippen LogP contribution in [0.2, 0.25) is 0 Å². The van der Waals surface area contributed by atoms with Crippen LogP contribution in [0.1, 0.15) is 27.8 Å². The Hall–Kier alpha value is -19.6. The number of hydrogen-bond donors (Lipinski definition) is 1. The van der Waals surface area contributed by atoms with Crippen LogP contribution < -0.4 is 15.2 Å². The topological polar surface area (TPSA) is 208 Å². The highest BCUT2D eigenvalue weighted by molar-refractivity contribution is 5.89. The van der Waals surface area contributed by atoms with E-state index in [1.54, 1.807) is 123 Å². The Labute approximate surface area is 860 Å². The number of nitrogen functional groups attached to an aromatic ring is 1. The highest BCUT2D eigenvalue weighted by atomic mass is 19.1. The number of benzene rings is 9. The predicted molar refractivity (Wildman–Crippen MR) is 585 cm³/mol. The molecular formula is C126H94F5N17O2. The monoisotopic (exact) mass is 1970 g/mol. The molecule has 9 aromatic carbocycles. The number of pyridine rings is 11. The second-order valence-corrected chi connectivity index (χ2v) is 36.0. The van der Waals surface area contributed by atoms with Crippen LogP contribution in [0.5, 0.6) is 11.5 Å². The molecule has 0 aliphatic heterocycles. The number of nitrogens with two attached hydrogens (primary N) is 1. The summed E-state index contributed by atoms with van der Waals surface area (Å²) >= 11 is 0. The normalized spacial score (nSPS) is 11.1. The molecule has 24 heteroatoms. The lowest BCUT2D eigenvalue weighted by Crippen LogP contribution is -1.93. The minimum Gasteiger partial charge on any atom is -0.497 e. The van der Waals surface area contributed by atoms with Crippen molar-refractivity contribution in [3.05, 3.63) is 490 Å². The first kappa shape index (κ1) is 96.5. The van der Waals surface area contributed by atoms with E-state index in [-0.39, 0.29) is 29.1 Å². The van der Waals surface area contributed by atoms with Crippen molar-refractivity contribution in [2.45, 2.75) is 34.6 Å². The summed E-state index contributed by atoms with van der Waals surface area (Å²) in [6, 6.07) is 103. The fourth-order valence-corrected chi connectivity index (χ4v) is 18.5. The van der Waals surface area contributed by atoms with Crippen molar-refractivity contribution < 1.29 is 31.4 Å². The Morgan fingerprint density at radius 1 is 0.207 bits per heavy atom. The first-order valence-corrected chi connectivity index (χ1v) is 48.3. The van der Waals surface area contributed by atoms with Crippen molar-refractivity contribution in [2.75, 3.05) is 20.0 Å². The number of nitrogens with zero attached hydrogens (tertiary/aromatic N) is 16. The number of ether oxygens (including phenoxy) is 2. The maximum absolute atomic E-state index is 13.8. The van der Waals surface area contributed by atoms with Crippen LogP contribution in [-0.4, -0.2) is 91.0 Å². The van der Waals surface area contributed by atoms with Gasteiger partial charge in [-0.25, -0.2) is 46.9 Å². The van der Waals surface area contributed by atoms with E-state index in [1.165, 1.54) is 30.3 Å². The van der Waals surface area contributed by atoms with Crippen molar-refractivity contribution in [2.24, 2.45) is 0 Å². The molecule has 0 aliphatic rings. The number of hydrogen-bond acceptors (Lipinski definition) is 14. The molecule has 0 spiro atoms. The highest BCUT2D eigenvalue weighted by Gasteiger charge is 2.22. The number of aromatic nitrogens is 16. The highest BCUT2D eigenvalue weighted by Crippen LogP contribution is 2.41. The van der Waals surface area contributed by atoms with Crippen molar-refractivity contribution >= 4 is 33.3 Å². The van der Waals surface area contributed by atoms with Gasteiger partial charge in [0.15, 0.2) is 0 Å². The molecule has 16 aromatic heterocycles. The number of anilines is 1. The number of halogens is 5. The van der Waals surface area contributed by atoms with Gasteiger partial charge in [-0.1, -0.05) is 84.9 Å². The van der Waals surface area contributed by atoms with Crippen LogP contribution in [0.25, 0.3) is 196 Å². The van der Waals surface area contributed by atoms with Gasteiger partial charge in [0.25, 0.3) is 0 Å². The molecule has 730 valence electrons. The van der Waals surface area contributed by atoms with Gasteiger partial charge >= 0.3 is 0 Å². The molecule has 19 nitrogen and oxygen atoms in total. The van der Waals surface area contributed by atoms with Gasteiger partial charge in [0, 0.05) is 164 Å². The Balaban J connectivity index is 0.000000109. The molecule has 25 rings (SSSR count). The lowest BCUT2D eigenvalue weighted by atomic mass is 9.99. The summed E-state index contributed by atoms with van der Waals surface area (Å²) in [5, 5.41) is 0. The first-order chi connectivity index (χ1) is 73.3. The fourth-order valence-electron chi connectivity index (χ4n) is 18.5. The van der Waals surface area contributed by atoms with Gasteiger partial charge in [-0.2, -0.15) is 0 Å². The van der Waals surface area contributed by atoms with Gasteiger partial charge in [0.2, 0.25) is 0 Å². The van der Waals surface area contributed by atoms with Crippen LogP contribution in [0.3, 0.4) is 0 Å². The van der Waals surface area contributed by atoms with Gasteiger partial charge < -0.3 is 15.2 Å². The molecule has 0 bridgehead atoms. The molecule has 150 heavy (non-hydrogen) atoms. The summed E-state index contributed by atoms with van der Waals surface area (Å²) in [4.78, 5) is 50.0.